The Kier molecular flexibility index (Phi) is 7.50. The summed E-state index contributed by atoms with van der Waals surface area (Å²) in [5, 5.41) is 2.80. The minimum absolute atomic E-state index is 0.164. The number of fused-ring (bicyclic) bond motifs is 1. The number of aliphatic imine (C=N–C) groups is 1. The van der Waals surface area contributed by atoms with E-state index in [1.165, 1.54) is 18.2 Å². The van der Waals surface area contributed by atoms with E-state index in [4.69, 9.17) is 11.5 Å². The Hall–Kier alpha value is -3.95. The van der Waals surface area contributed by atoms with Crippen LogP contribution >= 0.6 is 0 Å². The van der Waals surface area contributed by atoms with Crippen LogP contribution in [0.15, 0.2) is 59.6 Å². The highest BCUT2D eigenvalue weighted by atomic mass is 19.4. The van der Waals surface area contributed by atoms with Crippen molar-refractivity contribution in [2.24, 2.45) is 16.5 Å². The molecule has 0 radical (unpaired) electrons. The van der Waals surface area contributed by atoms with Gasteiger partial charge in [-0.3, -0.25) is 9.79 Å². The van der Waals surface area contributed by atoms with Gasteiger partial charge in [0, 0.05) is 25.2 Å². The van der Waals surface area contributed by atoms with Crippen molar-refractivity contribution in [3.63, 3.8) is 0 Å². The number of carbonyl (C=O) groups is 1. The highest BCUT2D eigenvalue weighted by Gasteiger charge is 2.31. The Bertz CT molecular complexity index is 1200. The molecule has 1 amide bonds. The Labute approximate surface area is 195 Å². The summed E-state index contributed by atoms with van der Waals surface area (Å²) in [5.41, 5.74) is 14.3. The van der Waals surface area contributed by atoms with Crippen LogP contribution < -0.4 is 21.5 Å². The second-order valence-corrected chi connectivity index (χ2v) is 7.54. The summed E-state index contributed by atoms with van der Waals surface area (Å²) in [4.78, 5) is 15.9. The number of ether oxygens (including phenoxy) is 1. The average Bonchev–Trinajstić information content (AvgIpc) is 3.14. The van der Waals surface area contributed by atoms with E-state index in [1.807, 2.05) is 42.7 Å². The maximum Gasteiger partial charge on any atom is 0.573 e. The summed E-state index contributed by atoms with van der Waals surface area (Å²) in [5.74, 6) is -0.333. The predicted octanol–water partition coefficient (Wildman–Crippen LogP) is 4.05. The number of carbonyl (C=O) groups excluding carboxylic acids is 1. The first-order chi connectivity index (χ1) is 16.1. The second-order valence-electron chi connectivity index (χ2n) is 7.54. The van der Waals surface area contributed by atoms with Gasteiger partial charge in [-0.1, -0.05) is 35.9 Å². The molecule has 10 heteroatoms. The predicted molar refractivity (Wildman–Crippen MR) is 125 cm³/mol. The number of amides is 1. The minimum Gasteiger partial charge on any atom is -0.406 e. The van der Waals surface area contributed by atoms with Gasteiger partial charge < -0.3 is 26.1 Å². The zero-order valence-corrected chi connectivity index (χ0v) is 18.8. The van der Waals surface area contributed by atoms with Crippen LogP contribution in [0, 0.1) is 6.92 Å². The lowest BCUT2D eigenvalue weighted by molar-refractivity contribution is -0.274. The number of nitrogens with one attached hydrogen (secondary N) is 1. The first kappa shape index (κ1) is 24.7. The fraction of sp³-hybridized carbons (Fsp3) is 0.250. The molecule has 3 aromatic rings. The lowest BCUT2D eigenvalue weighted by Crippen LogP contribution is -2.35. The summed E-state index contributed by atoms with van der Waals surface area (Å²) >= 11 is 0. The Morgan fingerprint density at radius 3 is 2.44 bits per heavy atom. The van der Waals surface area contributed by atoms with E-state index in [1.54, 1.807) is 12.1 Å². The molecule has 4 rings (SSSR count). The lowest BCUT2D eigenvalue weighted by atomic mass is 10.00. The molecule has 0 saturated carbocycles. The first-order valence-corrected chi connectivity index (χ1v) is 10.6. The maximum atomic E-state index is 12.6. The molecule has 2 heterocycles. The highest BCUT2D eigenvalue weighted by molar-refractivity contribution is 5.98. The number of benzene rings is 2. The minimum atomic E-state index is -4.77. The molecule has 0 atom stereocenters. The third-order valence-corrected chi connectivity index (χ3v) is 4.96. The number of halogens is 3. The Balaban J connectivity index is 0.000000481. The Morgan fingerprint density at radius 1 is 1.12 bits per heavy atom. The number of hydrogen-bond acceptors (Lipinski definition) is 3. The molecule has 1 aromatic heterocycles. The summed E-state index contributed by atoms with van der Waals surface area (Å²) < 4.78 is 43.8. The van der Waals surface area contributed by atoms with Gasteiger partial charge in [-0.05, 0) is 49.2 Å². The molecule has 7 nitrogen and oxygen atoms in total. The number of hydrogen-bond donors (Lipinski definition) is 3. The molecule has 1 aliphatic rings. The van der Waals surface area contributed by atoms with Crippen LogP contribution in [-0.4, -0.2) is 35.9 Å². The third-order valence-electron chi connectivity index (χ3n) is 4.96. The van der Waals surface area contributed by atoms with E-state index in [0.29, 0.717) is 36.5 Å². The van der Waals surface area contributed by atoms with Gasteiger partial charge >= 0.3 is 6.36 Å². The number of aryl methyl sites for hydroxylation is 1. The zero-order chi connectivity index (χ0) is 24.9. The van der Waals surface area contributed by atoms with Crippen LogP contribution in [0.1, 0.15) is 23.0 Å². The number of guanidine groups is 1. The van der Waals surface area contributed by atoms with Crippen molar-refractivity contribution in [3.8, 4) is 28.1 Å². The molecular weight excluding hydrogens is 447 g/mol. The maximum absolute atomic E-state index is 12.6. The topological polar surface area (TPSA) is 108 Å². The number of nitrogens with zero attached hydrogens (tertiary/aromatic N) is 2. The summed E-state index contributed by atoms with van der Waals surface area (Å²) in [6, 6.07) is 15.3. The average molecular weight is 473 g/mol. The molecule has 0 bridgehead atoms. The molecule has 0 aliphatic carbocycles. The van der Waals surface area contributed by atoms with Crippen molar-refractivity contribution in [2.75, 3.05) is 13.1 Å². The summed E-state index contributed by atoms with van der Waals surface area (Å²) in [7, 11) is 0. The third kappa shape index (κ3) is 6.09. The number of aromatic nitrogens is 1. The van der Waals surface area contributed by atoms with Gasteiger partial charge in [0.25, 0.3) is 5.91 Å². The van der Waals surface area contributed by atoms with Crippen LogP contribution in [0.3, 0.4) is 0 Å². The highest BCUT2D eigenvalue weighted by Crippen LogP contribution is 2.38. The van der Waals surface area contributed by atoms with Gasteiger partial charge in [0.05, 0.1) is 5.69 Å². The molecule has 0 fully saturated rings. The van der Waals surface area contributed by atoms with Crippen LogP contribution in [0.5, 0.6) is 5.75 Å². The quantitative estimate of drug-likeness (QED) is 0.392. The van der Waals surface area contributed by atoms with Crippen molar-refractivity contribution in [1.29, 1.82) is 0 Å². The second kappa shape index (κ2) is 10.3. The molecule has 1 aliphatic heterocycles. The van der Waals surface area contributed by atoms with Crippen LogP contribution in [-0.2, 0) is 6.54 Å². The zero-order valence-electron chi connectivity index (χ0n) is 18.8. The molecule has 2 aromatic carbocycles. The molecule has 34 heavy (non-hydrogen) atoms. The van der Waals surface area contributed by atoms with Gasteiger partial charge in [0.1, 0.15) is 11.4 Å². The van der Waals surface area contributed by atoms with Gasteiger partial charge in [0.15, 0.2) is 5.96 Å². The van der Waals surface area contributed by atoms with Crippen molar-refractivity contribution >= 4 is 11.9 Å². The van der Waals surface area contributed by atoms with E-state index in [0.717, 1.165) is 16.8 Å². The van der Waals surface area contributed by atoms with Crippen molar-refractivity contribution < 1.29 is 22.7 Å². The monoisotopic (exact) mass is 473 g/mol. The van der Waals surface area contributed by atoms with Gasteiger partial charge in [0.2, 0.25) is 0 Å². The van der Waals surface area contributed by atoms with E-state index in [2.05, 4.69) is 15.0 Å². The normalized spacial score (nSPS) is 12.7. The number of rotatable bonds is 4. The Morgan fingerprint density at radius 2 is 1.82 bits per heavy atom. The number of alkyl halides is 3. The van der Waals surface area contributed by atoms with E-state index in [-0.39, 0.29) is 17.6 Å². The van der Waals surface area contributed by atoms with Crippen LogP contribution in [0.4, 0.5) is 13.2 Å². The van der Waals surface area contributed by atoms with Crippen molar-refractivity contribution in [3.05, 3.63) is 65.9 Å². The fourth-order valence-electron chi connectivity index (χ4n) is 3.71. The van der Waals surface area contributed by atoms with Gasteiger partial charge in [-0.15, -0.1) is 13.2 Å². The van der Waals surface area contributed by atoms with Gasteiger partial charge in [-0.25, -0.2) is 0 Å². The molecule has 180 valence electrons. The molecule has 5 N–H and O–H groups in total. The molecular formula is C24H26F3N5O2. The summed E-state index contributed by atoms with van der Waals surface area (Å²) in [6.07, 6.45) is -4.77. The van der Waals surface area contributed by atoms with Crippen LogP contribution in [0.2, 0.25) is 0 Å². The number of nitrogens with two attached hydrogens (primary N) is 2. The van der Waals surface area contributed by atoms with Crippen molar-refractivity contribution in [2.45, 2.75) is 26.8 Å². The van der Waals surface area contributed by atoms with Crippen molar-refractivity contribution in [1.82, 2.24) is 9.88 Å². The van der Waals surface area contributed by atoms with E-state index in [9.17, 15) is 18.0 Å². The van der Waals surface area contributed by atoms with E-state index >= 15 is 0 Å². The standard InChI is InChI=1S/C21H17F3N2O2.C3H9N3/c1-13-4-2-6-15(10-13)19-17(12-18-20(27)25-8-9-26(18)19)14-5-3-7-16(11-14)28-21(22,23)24;1-2-6-3(4)5/h2-7,10-12H,8-9H2,1H3,(H,25,27);2H2,1H3,(H4,4,5,6). The lowest BCUT2D eigenvalue weighted by Gasteiger charge is -2.19. The largest absolute Gasteiger partial charge is 0.573 e. The smallest absolute Gasteiger partial charge is 0.406 e. The molecule has 0 spiro atoms. The fourth-order valence-corrected chi connectivity index (χ4v) is 3.71. The van der Waals surface area contributed by atoms with Crippen LogP contribution in [0.25, 0.3) is 22.4 Å². The van der Waals surface area contributed by atoms with Gasteiger partial charge in [-0.2, -0.15) is 0 Å². The molecule has 0 saturated heterocycles. The first-order valence-electron chi connectivity index (χ1n) is 10.6. The van der Waals surface area contributed by atoms with E-state index < -0.39 is 6.36 Å². The molecule has 0 unspecified atom stereocenters. The summed E-state index contributed by atoms with van der Waals surface area (Å²) in [6.45, 7) is 5.59. The SMILES string of the molecule is CCN=C(N)N.Cc1cccc(-c2c(-c3cccc(OC(F)(F)F)c3)cc3n2CCNC3=O)c1.